The summed E-state index contributed by atoms with van der Waals surface area (Å²) in [6.45, 7) is 8.41. The first kappa shape index (κ1) is 15.5. The van der Waals surface area contributed by atoms with E-state index in [1.54, 1.807) is 6.08 Å². The highest BCUT2D eigenvalue weighted by molar-refractivity contribution is 5.94. The number of allylic oxidation sites excluding steroid dienone is 1. The van der Waals surface area contributed by atoms with Crippen LogP contribution in [-0.2, 0) is 5.54 Å². The van der Waals surface area contributed by atoms with Gasteiger partial charge in [-0.3, -0.25) is 4.79 Å². The Kier molecular flexibility index (Phi) is 4.03. The minimum absolute atomic E-state index is 0.00196. The molecule has 1 aromatic carbocycles. The van der Waals surface area contributed by atoms with E-state index in [1.807, 2.05) is 49.1 Å². The molecule has 5 heteroatoms. The van der Waals surface area contributed by atoms with Crippen LogP contribution in [0.4, 0.5) is 0 Å². The zero-order valence-electron chi connectivity index (χ0n) is 13.5. The molecular formula is C18H21N3O2. The predicted molar refractivity (Wildman–Crippen MR) is 87.0 cm³/mol. The minimum atomic E-state index is -0.556. The molecule has 0 radical (unpaired) electrons. The van der Waals surface area contributed by atoms with Crippen molar-refractivity contribution in [2.24, 2.45) is 0 Å². The number of rotatable bonds is 4. The highest BCUT2D eigenvalue weighted by Gasteiger charge is 2.45. The van der Waals surface area contributed by atoms with Crippen LogP contribution in [0.5, 0.6) is 0 Å². The third-order valence-corrected chi connectivity index (χ3v) is 4.57. The first-order chi connectivity index (χ1) is 11.1. The normalized spacial score (nSPS) is 22.1. The topological polar surface area (TPSA) is 59.2 Å². The van der Waals surface area contributed by atoms with Gasteiger partial charge in [-0.2, -0.15) is 4.98 Å². The van der Waals surface area contributed by atoms with E-state index in [0.29, 0.717) is 23.8 Å². The van der Waals surface area contributed by atoms with E-state index < -0.39 is 5.54 Å². The number of hydrogen-bond donors (Lipinski definition) is 0. The standard InChI is InChI=1S/C18H21N3O2/c1-4-13(2)15-19-17(23-20-15)18(3)11-8-12-21(18)16(22)14-9-6-5-7-10-14/h4-7,9-10,13H,1,8,11-12H2,2-3H3/t13-,18+/m1/s1. The van der Waals surface area contributed by atoms with Crippen LogP contribution < -0.4 is 0 Å². The quantitative estimate of drug-likeness (QED) is 0.811. The van der Waals surface area contributed by atoms with E-state index in [4.69, 9.17) is 4.52 Å². The van der Waals surface area contributed by atoms with E-state index in [1.165, 1.54) is 0 Å². The lowest BCUT2D eigenvalue weighted by molar-refractivity contribution is 0.0551. The van der Waals surface area contributed by atoms with Crippen LogP contribution in [0.15, 0.2) is 47.5 Å². The second kappa shape index (κ2) is 5.99. The molecule has 120 valence electrons. The SMILES string of the molecule is C=C[C@@H](C)c1noc([C@]2(C)CCCN2C(=O)c2ccccc2)n1. The Morgan fingerprint density at radius 3 is 2.87 bits per heavy atom. The highest BCUT2D eigenvalue weighted by Crippen LogP contribution is 2.39. The van der Waals surface area contributed by atoms with E-state index in [2.05, 4.69) is 16.7 Å². The smallest absolute Gasteiger partial charge is 0.254 e. The van der Waals surface area contributed by atoms with E-state index in [9.17, 15) is 4.79 Å². The molecule has 2 aromatic rings. The van der Waals surface area contributed by atoms with Crippen LogP contribution in [0.3, 0.4) is 0 Å². The molecular weight excluding hydrogens is 290 g/mol. The number of aromatic nitrogens is 2. The van der Waals surface area contributed by atoms with Crippen LogP contribution in [0.1, 0.15) is 54.7 Å². The molecule has 0 bridgehead atoms. The van der Waals surface area contributed by atoms with Crippen molar-refractivity contribution in [2.75, 3.05) is 6.54 Å². The molecule has 1 fully saturated rings. The number of carbonyl (C=O) groups excluding carboxylic acids is 1. The van der Waals surface area contributed by atoms with E-state index >= 15 is 0 Å². The summed E-state index contributed by atoms with van der Waals surface area (Å²) in [6, 6.07) is 9.32. The third-order valence-electron chi connectivity index (χ3n) is 4.57. The average molecular weight is 311 g/mol. The maximum Gasteiger partial charge on any atom is 0.254 e. The molecule has 2 heterocycles. The molecule has 1 aliphatic heterocycles. The van der Waals surface area contributed by atoms with Crippen LogP contribution in [-0.4, -0.2) is 27.5 Å². The van der Waals surface area contributed by atoms with Gasteiger partial charge in [-0.25, -0.2) is 0 Å². The molecule has 1 aromatic heterocycles. The Morgan fingerprint density at radius 1 is 1.43 bits per heavy atom. The van der Waals surface area contributed by atoms with Crippen molar-refractivity contribution in [2.45, 2.75) is 38.1 Å². The van der Waals surface area contributed by atoms with Crippen LogP contribution in [0.2, 0.25) is 0 Å². The van der Waals surface area contributed by atoms with Crippen LogP contribution in [0, 0.1) is 0 Å². The minimum Gasteiger partial charge on any atom is -0.337 e. The highest BCUT2D eigenvalue weighted by atomic mass is 16.5. The lowest BCUT2D eigenvalue weighted by Gasteiger charge is -2.32. The Balaban J connectivity index is 1.92. The van der Waals surface area contributed by atoms with E-state index in [0.717, 1.165) is 12.8 Å². The zero-order valence-corrected chi connectivity index (χ0v) is 13.5. The van der Waals surface area contributed by atoms with Gasteiger partial charge in [0.05, 0.1) is 0 Å². The van der Waals surface area contributed by atoms with E-state index in [-0.39, 0.29) is 11.8 Å². The van der Waals surface area contributed by atoms with Crippen molar-refractivity contribution >= 4 is 5.91 Å². The summed E-state index contributed by atoms with van der Waals surface area (Å²) in [5, 5.41) is 4.05. The van der Waals surface area contributed by atoms with Crippen molar-refractivity contribution < 1.29 is 9.32 Å². The number of likely N-dealkylation sites (tertiary alicyclic amines) is 1. The second-order valence-corrected chi connectivity index (χ2v) is 6.18. The molecule has 1 amide bonds. The lowest BCUT2D eigenvalue weighted by atomic mass is 9.98. The van der Waals surface area contributed by atoms with Crippen molar-refractivity contribution in [3.63, 3.8) is 0 Å². The summed E-state index contributed by atoms with van der Waals surface area (Å²) in [5.41, 5.74) is 0.124. The van der Waals surface area contributed by atoms with Gasteiger partial charge >= 0.3 is 0 Å². The molecule has 23 heavy (non-hydrogen) atoms. The molecule has 3 rings (SSSR count). The summed E-state index contributed by atoms with van der Waals surface area (Å²) >= 11 is 0. The Bertz CT molecular complexity index is 710. The zero-order chi connectivity index (χ0) is 16.4. The summed E-state index contributed by atoms with van der Waals surface area (Å²) in [7, 11) is 0. The molecule has 1 saturated heterocycles. The summed E-state index contributed by atoms with van der Waals surface area (Å²) in [6.07, 6.45) is 3.51. The second-order valence-electron chi connectivity index (χ2n) is 6.18. The number of amides is 1. The summed E-state index contributed by atoms with van der Waals surface area (Å²) in [4.78, 5) is 19.2. The molecule has 0 N–H and O–H groups in total. The Morgan fingerprint density at radius 2 is 2.17 bits per heavy atom. The number of benzene rings is 1. The van der Waals surface area contributed by atoms with Gasteiger partial charge in [-0.1, -0.05) is 36.4 Å². The fourth-order valence-corrected chi connectivity index (χ4v) is 2.99. The van der Waals surface area contributed by atoms with Crippen LogP contribution >= 0.6 is 0 Å². The summed E-state index contributed by atoms with van der Waals surface area (Å²) < 4.78 is 5.49. The van der Waals surface area contributed by atoms with Gasteiger partial charge in [-0.15, -0.1) is 6.58 Å². The lowest BCUT2D eigenvalue weighted by Crippen LogP contribution is -2.43. The first-order valence-corrected chi connectivity index (χ1v) is 7.90. The predicted octanol–water partition coefficient (Wildman–Crippen LogP) is 3.51. The Hall–Kier alpha value is -2.43. The number of nitrogens with zero attached hydrogens (tertiary/aromatic N) is 3. The van der Waals surface area contributed by atoms with Crippen molar-refractivity contribution in [3.8, 4) is 0 Å². The number of hydrogen-bond acceptors (Lipinski definition) is 4. The van der Waals surface area contributed by atoms with Gasteiger partial charge in [0.1, 0.15) is 5.54 Å². The van der Waals surface area contributed by atoms with Gasteiger partial charge in [0.15, 0.2) is 5.82 Å². The molecule has 1 aliphatic rings. The third kappa shape index (κ3) is 2.67. The van der Waals surface area contributed by atoms with Crippen LogP contribution in [0.25, 0.3) is 0 Å². The molecule has 5 nitrogen and oxygen atoms in total. The largest absolute Gasteiger partial charge is 0.337 e. The average Bonchev–Trinajstić information content (AvgIpc) is 3.22. The molecule has 2 atom stereocenters. The van der Waals surface area contributed by atoms with Crippen molar-refractivity contribution in [1.29, 1.82) is 0 Å². The van der Waals surface area contributed by atoms with Crippen molar-refractivity contribution in [3.05, 3.63) is 60.3 Å². The maximum atomic E-state index is 12.9. The Labute approximate surface area is 136 Å². The van der Waals surface area contributed by atoms with Crippen molar-refractivity contribution in [1.82, 2.24) is 15.0 Å². The molecule has 0 spiro atoms. The molecule has 0 aliphatic carbocycles. The first-order valence-electron chi connectivity index (χ1n) is 7.90. The summed E-state index contributed by atoms with van der Waals surface area (Å²) in [5.74, 6) is 1.14. The maximum absolute atomic E-state index is 12.9. The number of carbonyl (C=O) groups is 1. The van der Waals surface area contributed by atoms with Gasteiger partial charge in [0.25, 0.3) is 11.8 Å². The van der Waals surface area contributed by atoms with Gasteiger partial charge in [0.2, 0.25) is 0 Å². The fourth-order valence-electron chi connectivity index (χ4n) is 2.99. The fraction of sp³-hybridized carbons (Fsp3) is 0.389. The monoisotopic (exact) mass is 311 g/mol. The molecule has 0 saturated carbocycles. The van der Waals surface area contributed by atoms with Gasteiger partial charge in [0, 0.05) is 18.0 Å². The van der Waals surface area contributed by atoms with Gasteiger partial charge < -0.3 is 9.42 Å². The van der Waals surface area contributed by atoms with Gasteiger partial charge in [-0.05, 0) is 31.9 Å². The molecule has 0 unspecified atom stereocenters.